The van der Waals surface area contributed by atoms with Crippen LogP contribution in [-0.4, -0.2) is 41.9 Å². The van der Waals surface area contributed by atoms with E-state index in [0.29, 0.717) is 0 Å². The molecule has 3 nitrogen and oxygen atoms in total. The van der Waals surface area contributed by atoms with Crippen molar-refractivity contribution in [2.75, 3.05) is 26.2 Å². The molecule has 1 saturated heterocycles. The van der Waals surface area contributed by atoms with Crippen LogP contribution < -0.4 is 0 Å². The molecule has 1 aliphatic rings. The molecule has 0 aliphatic carbocycles. The van der Waals surface area contributed by atoms with Crippen LogP contribution in [0.3, 0.4) is 0 Å². The fourth-order valence-corrected chi connectivity index (χ4v) is 2.92. The molecule has 0 N–H and O–H groups in total. The summed E-state index contributed by atoms with van der Waals surface area (Å²) >= 11 is 0. The highest BCUT2D eigenvalue weighted by molar-refractivity contribution is 5.91. The third kappa shape index (κ3) is 4.56. The average Bonchev–Trinajstić information content (AvgIpc) is 2.62. The molecule has 3 rings (SSSR count). The van der Waals surface area contributed by atoms with Gasteiger partial charge in [0.05, 0.1) is 0 Å². The Kier molecular flexibility index (Phi) is 5.44. The summed E-state index contributed by atoms with van der Waals surface area (Å²) in [6, 6.07) is 18.7. The van der Waals surface area contributed by atoms with Crippen molar-refractivity contribution in [1.29, 1.82) is 0 Å². The van der Waals surface area contributed by atoms with E-state index in [4.69, 9.17) is 0 Å². The number of nitrogens with zero attached hydrogens (tertiary/aromatic N) is 2. The van der Waals surface area contributed by atoms with Crippen LogP contribution in [0.4, 0.5) is 0 Å². The predicted octanol–water partition coefficient (Wildman–Crippen LogP) is 3.35. The van der Waals surface area contributed by atoms with E-state index in [-0.39, 0.29) is 5.91 Å². The van der Waals surface area contributed by atoms with E-state index in [0.717, 1.165) is 38.3 Å². The van der Waals surface area contributed by atoms with Gasteiger partial charge in [-0.25, -0.2) is 0 Å². The summed E-state index contributed by atoms with van der Waals surface area (Å²) in [7, 11) is 0. The van der Waals surface area contributed by atoms with Gasteiger partial charge in [-0.05, 0) is 24.1 Å². The van der Waals surface area contributed by atoms with Crippen LogP contribution in [0.15, 0.2) is 60.7 Å². The molecule has 24 heavy (non-hydrogen) atoms. The molecule has 2 aromatic carbocycles. The number of carbonyl (C=O) groups excluding carboxylic acids is 1. The molecule has 1 amide bonds. The number of rotatable bonds is 4. The lowest BCUT2D eigenvalue weighted by Crippen LogP contribution is -2.47. The van der Waals surface area contributed by atoms with E-state index < -0.39 is 0 Å². The Morgan fingerprint density at radius 1 is 0.958 bits per heavy atom. The fourth-order valence-electron chi connectivity index (χ4n) is 2.92. The van der Waals surface area contributed by atoms with Gasteiger partial charge in [0.15, 0.2) is 0 Å². The van der Waals surface area contributed by atoms with Gasteiger partial charge in [0.25, 0.3) is 0 Å². The molecule has 2 aromatic rings. The number of hydrogen-bond donors (Lipinski definition) is 0. The van der Waals surface area contributed by atoms with Crippen molar-refractivity contribution >= 4 is 12.0 Å². The number of piperazine rings is 1. The zero-order valence-electron chi connectivity index (χ0n) is 14.2. The normalized spacial score (nSPS) is 15.8. The van der Waals surface area contributed by atoms with Gasteiger partial charge < -0.3 is 4.90 Å². The first kappa shape index (κ1) is 16.5. The Bertz CT molecular complexity index is 684. The van der Waals surface area contributed by atoms with Crippen LogP contribution in [0.5, 0.6) is 0 Å². The third-order valence-electron chi connectivity index (χ3n) is 4.43. The van der Waals surface area contributed by atoms with Gasteiger partial charge in [-0.3, -0.25) is 9.69 Å². The van der Waals surface area contributed by atoms with E-state index in [9.17, 15) is 4.79 Å². The Morgan fingerprint density at radius 3 is 2.29 bits per heavy atom. The second kappa shape index (κ2) is 7.93. The third-order valence-corrected chi connectivity index (χ3v) is 4.43. The van der Waals surface area contributed by atoms with Crippen molar-refractivity contribution in [3.8, 4) is 0 Å². The highest BCUT2D eigenvalue weighted by Gasteiger charge is 2.19. The molecule has 0 saturated carbocycles. The monoisotopic (exact) mass is 320 g/mol. The summed E-state index contributed by atoms with van der Waals surface area (Å²) in [5.41, 5.74) is 3.63. The zero-order valence-corrected chi connectivity index (χ0v) is 14.2. The maximum Gasteiger partial charge on any atom is 0.246 e. The lowest BCUT2D eigenvalue weighted by molar-refractivity contribution is -0.127. The maximum atomic E-state index is 12.3. The van der Waals surface area contributed by atoms with Crippen molar-refractivity contribution in [3.05, 3.63) is 77.4 Å². The highest BCUT2D eigenvalue weighted by Crippen LogP contribution is 2.10. The quantitative estimate of drug-likeness (QED) is 0.807. The van der Waals surface area contributed by atoms with Crippen LogP contribution in [0.25, 0.3) is 6.08 Å². The summed E-state index contributed by atoms with van der Waals surface area (Å²) in [5.74, 6) is 0.106. The SMILES string of the molecule is Cc1ccc(C=CC(=O)N2CCN(Cc3ccccc3)CC2)cc1. The summed E-state index contributed by atoms with van der Waals surface area (Å²) in [6.45, 7) is 6.47. The van der Waals surface area contributed by atoms with Crippen LogP contribution in [0.2, 0.25) is 0 Å². The Balaban J connectivity index is 1.49. The maximum absolute atomic E-state index is 12.3. The van der Waals surface area contributed by atoms with Crippen LogP contribution in [0.1, 0.15) is 16.7 Å². The van der Waals surface area contributed by atoms with Crippen LogP contribution >= 0.6 is 0 Å². The number of carbonyl (C=O) groups is 1. The summed E-state index contributed by atoms with van der Waals surface area (Å²) in [5, 5.41) is 0. The van der Waals surface area contributed by atoms with E-state index in [1.54, 1.807) is 6.08 Å². The lowest BCUT2D eigenvalue weighted by Gasteiger charge is -2.34. The van der Waals surface area contributed by atoms with Gasteiger partial charge >= 0.3 is 0 Å². The average molecular weight is 320 g/mol. The van der Waals surface area contributed by atoms with E-state index >= 15 is 0 Å². The second-order valence-electron chi connectivity index (χ2n) is 6.33. The molecule has 3 heteroatoms. The zero-order chi connectivity index (χ0) is 16.8. The Hall–Kier alpha value is -2.39. The highest BCUT2D eigenvalue weighted by atomic mass is 16.2. The molecular weight excluding hydrogens is 296 g/mol. The minimum Gasteiger partial charge on any atom is -0.337 e. The molecule has 0 bridgehead atoms. The fraction of sp³-hybridized carbons (Fsp3) is 0.286. The van der Waals surface area contributed by atoms with Gasteiger partial charge in [0.2, 0.25) is 5.91 Å². The van der Waals surface area contributed by atoms with E-state index in [1.807, 2.05) is 29.2 Å². The molecule has 1 fully saturated rings. The van der Waals surface area contributed by atoms with Gasteiger partial charge in [-0.1, -0.05) is 60.2 Å². The van der Waals surface area contributed by atoms with Gasteiger partial charge in [-0.2, -0.15) is 0 Å². The first-order chi connectivity index (χ1) is 11.7. The summed E-state index contributed by atoms with van der Waals surface area (Å²) in [6.07, 6.45) is 3.59. The topological polar surface area (TPSA) is 23.6 Å². The van der Waals surface area contributed by atoms with Crippen molar-refractivity contribution in [2.24, 2.45) is 0 Å². The van der Waals surface area contributed by atoms with Crippen molar-refractivity contribution < 1.29 is 4.79 Å². The lowest BCUT2D eigenvalue weighted by atomic mass is 10.1. The molecule has 1 aliphatic heterocycles. The van der Waals surface area contributed by atoms with Gasteiger partial charge in [0.1, 0.15) is 0 Å². The molecule has 1 heterocycles. The second-order valence-corrected chi connectivity index (χ2v) is 6.33. The van der Waals surface area contributed by atoms with Gasteiger partial charge in [-0.15, -0.1) is 0 Å². The summed E-state index contributed by atoms with van der Waals surface area (Å²) in [4.78, 5) is 16.7. The van der Waals surface area contributed by atoms with Crippen LogP contribution in [0, 0.1) is 6.92 Å². The molecule has 0 spiro atoms. The Morgan fingerprint density at radius 2 is 1.62 bits per heavy atom. The number of aryl methyl sites for hydroxylation is 1. The van der Waals surface area contributed by atoms with E-state index in [1.165, 1.54) is 11.1 Å². The first-order valence-corrected chi connectivity index (χ1v) is 8.51. The standard InChI is InChI=1S/C21H24N2O/c1-18-7-9-19(10-8-18)11-12-21(24)23-15-13-22(14-16-23)17-20-5-3-2-4-6-20/h2-12H,13-17H2,1H3. The minimum atomic E-state index is 0.106. The van der Waals surface area contributed by atoms with E-state index in [2.05, 4.69) is 48.2 Å². The largest absolute Gasteiger partial charge is 0.337 e. The first-order valence-electron chi connectivity index (χ1n) is 8.51. The van der Waals surface area contributed by atoms with Crippen molar-refractivity contribution in [2.45, 2.75) is 13.5 Å². The predicted molar refractivity (Wildman–Crippen MR) is 98.5 cm³/mol. The number of amides is 1. The Labute approximate surface area is 144 Å². The molecular formula is C21H24N2O. The minimum absolute atomic E-state index is 0.106. The molecule has 0 unspecified atom stereocenters. The summed E-state index contributed by atoms with van der Waals surface area (Å²) < 4.78 is 0. The molecule has 0 aromatic heterocycles. The molecule has 0 atom stereocenters. The molecule has 124 valence electrons. The van der Waals surface area contributed by atoms with Crippen molar-refractivity contribution in [3.63, 3.8) is 0 Å². The number of hydrogen-bond acceptors (Lipinski definition) is 2. The van der Waals surface area contributed by atoms with Crippen molar-refractivity contribution in [1.82, 2.24) is 9.80 Å². The molecule has 0 radical (unpaired) electrons. The van der Waals surface area contributed by atoms with Gasteiger partial charge in [0, 0.05) is 38.8 Å². The number of benzene rings is 2. The smallest absolute Gasteiger partial charge is 0.246 e. The van der Waals surface area contributed by atoms with Crippen LogP contribution in [-0.2, 0) is 11.3 Å².